The van der Waals surface area contributed by atoms with Crippen LogP contribution < -0.4 is 5.73 Å². The highest BCUT2D eigenvalue weighted by Gasteiger charge is 2.72. The Hall–Kier alpha value is -1.44. The van der Waals surface area contributed by atoms with Crippen molar-refractivity contribution < 1.29 is 28.9 Å². The average molecular weight is 642 g/mol. The van der Waals surface area contributed by atoms with Crippen LogP contribution in [-0.4, -0.2) is 55.1 Å². The van der Waals surface area contributed by atoms with E-state index >= 15 is 0 Å². The monoisotopic (exact) mass is 641 g/mol. The second-order valence-corrected chi connectivity index (χ2v) is 18.2. The molecule has 0 radical (unpaired) electrons. The Kier molecular flexibility index (Phi) is 8.88. The fourth-order valence-electron chi connectivity index (χ4n) is 12.9. The summed E-state index contributed by atoms with van der Waals surface area (Å²) in [7, 11) is 0. The van der Waals surface area contributed by atoms with Crippen molar-refractivity contribution in [1.82, 2.24) is 0 Å². The van der Waals surface area contributed by atoms with Crippen LogP contribution in [0.1, 0.15) is 120 Å². The fourth-order valence-corrected chi connectivity index (χ4v) is 12.9. The second kappa shape index (κ2) is 11.9. The lowest BCUT2D eigenvalue weighted by Gasteiger charge is -2.71. The summed E-state index contributed by atoms with van der Waals surface area (Å²) in [5.74, 6) is 0.528. The maximum Gasteiger partial charge on any atom is 0.307 e. The van der Waals surface area contributed by atoms with Gasteiger partial charge in [-0.05, 0) is 97.2 Å². The predicted molar refractivity (Wildman–Crippen MR) is 179 cm³/mol. The van der Waals surface area contributed by atoms with Crippen LogP contribution in [0.15, 0.2) is 11.6 Å². The molecule has 0 aromatic rings. The summed E-state index contributed by atoms with van der Waals surface area (Å²) in [5, 5.41) is 11.0. The lowest BCUT2D eigenvalue weighted by Crippen LogP contribution is -2.70. The van der Waals surface area contributed by atoms with Crippen LogP contribution in [0.3, 0.4) is 0 Å². The lowest BCUT2D eigenvalue weighted by atomic mass is 9.34. The van der Waals surface area contributed by atoms with Gasteiger partial charge in [-0.1, -0.05) is 73.0 Å². The number of hydrogen-bond acceptors (Lipinski definition) is 6. The fraction of sp³-hybridized carbons (Fsp3) is 0.897. The van der Waals surface area contributed by atoms with E-state index in [4.69, 9.17) is 19.9 Å². The molecule has 2 bridgehead atoms. The second-order valence-electron chi connectivity index (χ2n) is 18.2. The summed E-state index contributed by atoms with van der Waals surface area (Å²) in [4.78, 5) is 26.0. The van der Waals surface area contributed by atoms with Crippen LogP contribution >= 0.6 is 0 Å². The zero-order valence-corrected chi connectivity index (χ0v) is 30.0. The molecule has 6 rings (SSSR count). The van der Waals surface area contributed by atoms with Gasteiger partial charge in [-0.25, -0.2) is 0 Å². The Labute approximate surface area is 278 Å². The van der Waals surface area contributed by atoms with E-state index in [0.29, 0.717) is 49.9 Å². The first-order valence-corrected chi connectivity index (χ1v) is 18.6. The van der Waals surface area contributed by atoms with Crippen molar-refractivity contribution in [2.24, 2.45) is 68.3 Å². The van der Waals surface area contributed by atoms with Gasteiger partial charge in [-0.3, -0.25) is 9.59 Å². The van der Waals surface area contributed by atoms with Crippen molar-refractivity contribution in [3.05, 3.63) is 11.6 Å². The Morgan fingerprint density at radius 3 is 2.35 bits per heavy atom. The molecule has 7 heteroatoms. The number of aliphatic carboxylic acids is 1. The zero-order valence-electron chi connectivity index (χ0n) is 30.0. The van der Waals surface area contributed by atoms with Crippen LogP contribution in [0.2, 0.25) is 0 Å². The minimum atomic E-state index is -0.635. The molecule has 0 aromatic carbocycles. The molecule has 1 saturated heterocycles. The maximum absolute atomic E-state index is 13.4. The molecule has 1 heterocycles. The van der Waals surface area contributed by atoms with Crippen LogP contribution in [-0.2, 0) is 23.8 Å². The van der Waals surface area contributed by atoms with Gasteiger partial charge in [0, 0.05) is 23.8 Å². The number of hydrogen-bond donors (Lipinski definition) is 2. The van der Waals surface area contributed by atoms with Gasteiger partial charge < -0.3 is 25.1 Å². The summed E-state index contributed by atoms with van der Waals surface area (Å²) < 4.78 is 19.6. The van der Waals surface area contributed by atoms with Crippen molar-refractivity contribution in [3.8, 4) is 0 Å². The topological polar surface area (TPSA) is 108 Å². The molecule has 3 N–H and O–H groups in total. The Bertz CT molecular complexity index is 1230. The molecule has 1 unspecified atom stereocenters. The van der Waals surface area contributed by atoms with E-state index in [1.54, 1.807) is 0 Å². The number of ether oxygens (including phenoxy) is 3. The molecule has 260 valence electrons. The van der Waals surface area contributed by atoms with E-state index in [-0.39, 0.29) is 57.2 Å². The van der Waals surface area contributed by atoms with Crippen molar-refractivity contribution in [3.63, 3.8) is 0 Å². The molecular weight excluding hydrogens is 578 g/mol. The van der Waals surface area contributed by atoms with Gasteiger partial charge in [0.15, 0.2) is 0 Å². The minimum absolute atomic E-state index is 0.00716. The predicted octanol–water partition coefficient (Wildman–Crippen LogP) is 7.41. The Balaban J connectivity index is 1.37. The van der Waals surface area contributed by atoms with Gasteiger partial charge in [0.25, 0.3) is 0 Å². The van der Waals surface area contributed by atoms with E-state index in [9.17, 15) is 14.7 Å². The third kappa shape index (κ3) is 4.89. The molecule has 6 aliphatic rings. The summed E-state index contributed by atoms with van der Waals surface area (Å²) in [6.07, 6.45) is 12.1. The molecular formula is C39H63NO6. The zero-order chi connectivity index (χ0) is 33.4. The van der Waals surface area contributed by atoms with Gasteiger partial charge in [0.1, 0.15) is 12.2 Å². The average Bonchev–Trinajstić information content (AvgIpc) is 3.52. The number of carboxylic acids is 1. The van der Waals surface area contributed by atoms with Crippen LogP contribution in [0.5, 0.6) is 0 Å². The smallest absolute Gasteiger partial charge is 0.307 e. The summed E-state index contributed by atoms with van der Waals surface area (Å²) in [5.41, 5.74) is 6.80. The number of nitrogens with two attached hydrogens (primary N) is 1. The SMILES string of the molecule is CC(=O)O[C@@H]1C[C@]23COC[C@@](C)([C@@H]2CC[C@H]2C3=CC[C@@]3(C)[C@H](C(=O)O)[C@@](C)([C@H](C)C(C)C)CC[C@]23C)[C@H]1OCC(N)C1CCCC1. The first-order valence-electron chi connectivity index (χ1n) is 18.6. The summed E-state index contributed by atoms with van der Waals surface area (Å²) in [6.45, 7) is 19.3. The molecule has 46 heavy (non-hydrogen) atoms. The van der Waals surface area contributed by atoms with E-state index in [0.717, 1.165) is 32.1 Å². The number of allylic oxidation sites excluding steroid dienone is 1. The minimum Gasteiger partial charge on any atom is -0.481 e. The number of carbonyl (C=O) groups excluding carboxylic acids is 1. The van der Waals surface area contributed by atoms with Gasteiger partial charge in [-0.2, -0.15) is 0 Å². The molecule has 1 aliphatic heterocycles. The highest BCUT2D eigenvalue weighted by Crippen LogP contribution is 2.75. The molecule has 7 nitrogen and oxygen atoms in total. The van der Waals surface area contributed by atoms with E-state index in [1.165, 1.54) is 38.2 Å². The van der Waals surface area contributed by atoms with Crippen molar-refractivity contribution >= 4 is 11.9 Å². The number of carboxylic acid groups (broad SMARTS) is 1. The molecule has 5 fully saturated rings. The summed E-state index contributed by atoms with van der Waals surface area (Å²) >= 11 is 0. The van der Waals surface area contributed by atoms with Gasteiger partial charge in [0.05, 0.1) is 25.7 Å². The van der Waals surface area contributed by atoms with Crippen molar-refractivity contribution in [1.29, 1.82) is 0 Å². The van der Waals surface area contributed by atoms with E-state index in [1.807, 2.05) is 0 Å². The van der Waals surface area contributed by atoms with Crippen molar-refractivity contribution in [2.45, 2.75) is 138 Å². The van der Waals surface area contributed by atoms with E-state index in [2.05, 4.69) is 54.5 Å². The van der Waals surface area contributed by atoms with Gasteiger partial charge in [-0.15, -0.1) is 0 Å². The Morgan fingerprint density at radius 2 is 1.72 bits per heavy atom. The lowest BCUT2D eigenvalue weighted by molar-refractivity contribution is -0.267. The molecule has 5 aliphatic carbocycles. The first-order chi connectivity index (χ1) is 21.5. The molecule has 0 aromatic heterocycles. The third-order valence-corrected chi connectivity index (χ3v) is 15.9. The number of esters is 1. The quantitative estimate of drug-likeness (QED) is 0.210. The van der Waals surface area contributed by atoms with Crippen LogP contribution in [0, 0.1) is 62.6 Å². The number of carbonyl (C=O) groups is 2. The molecule has 12 atom stereocenters. The van der Waals surface area contributed by atoms with Gasteiger partial charge in [0.2, 0.25) is 0 Å². The number of rotatable bonds is 8. The molecule has 0 amide bonds. The first kappa shape index (κ1) is 34.4. The standard InChI is InChI=1S/C39H63NO6/c1-23(2)24(3)35(5)17-18-37(7)27-13-14-31-36(6)21-44-22-39(31,28(27)15-16-38(37,8)32(35)34(42)43)19-30(46-25(4)41)33(36)45-20-29(40)26-11-9-10-12-26/h15,23-24,26-27,29-33H,9-14,16-22,40H2,1-8H3,(H,42,43)/t24-,27+,29?,30-,31+,32-,33+,35-,36+,37-,38+,39-/m1/s1. The highest BCUT2D eigenvalue weighted by atomic mass is 16.6. The Morgan fingerprint density at radius 1 is 1.02 bits per heavy atom. The molecule has 0 spiro atoms. The third-order valence-electron chi connectivity index (χ3n) is 15.9. The number of fused-ring (bicyclic) bond motifs is 3. The summed E-state index contributed by atoms with van der Waals surface area (Å²) in [6, 6.07) is -0.00716. The normalized spacial score (nSPS) is 46.8. The van der Waals surface area contributed by atoms with Crippen LogP contribution in [0.4, 0.5) is 0 Å². The largest absolute Gasteiger partial charge is 0.481 e. The molecule has 4 saturated carbocycles. The van der Waals surface area contributed by atoms with E-state index < -0.39 is 11.9 Å². The maximum atomic E-state index is 13.4. The van der Waals surface area contributed by atoms with Gasteiger partial charge >= 0.3 is 11.9 Å². The van der Waals surface area contributed by atoms with Crippen molar-refractivity contribution in [2.75, 3.05) is 19.8 Å². The van der Waals surface area contributed by atoms with Crippen LogP contribution in [0.25, 0.3) is 0 Å². The highest BCUT2D eigenvalue weighted by molar-refractivity contribution is 5.73.